The van der Waals surface area contributed by atoms with Gasteiger partial charge in [-0.2, -0.15) is 0 Å². The zero-order chi connectivity index (χ0) is 48.6. The Kier molecular flexibility index (Phi) is 53.3. The predicted molar refractivity (Wildman–Crippen MR) is 288 cm³/mol. The maximum atomic E-state index is 12.9. The van der Waals surface area contributed by atoms with E-state index < -0.39 is 6.10 Å². The molecule has 0 heterocycles. The fraction of sp³-hybridized carbons (Fsp3) is 0.787. The average Bonchev–Trinajstić information content (AvgIpc) is 3.33. The molecule has 0 radical (unpaired) electrons. The van der Waals surface area contributed by atoms with Crippen molar-refractivity contribution in [1.29, 1.82) is 0 Å². The molecule has 1 atom stereocenters. The van der Waals surface area contributed by atoms with E-state index in [9.17, 15) is 14.4 Å². The molecule has 388 valence electrons. The van der Waals surface area contributed by atoms with Gasteiger partial charge in [0.15, 0.2) is 6.10 Å². The van der Waals surface area contributed by atoms with E-state index in [1.54, 1.807) is 0 Å². The van der Waals surface area contributed by atoms with E-state index in [0.29, 0.717) is 19.3 Å². The molecule has 0 aliphatic heterocycles. The van der Waals surface area contributed by atoms with Gasteiger partial charge in [0.1, 0.15) is 13.2 Å². The van der Waals surface area contributed by atoms with Crippen molar-refractivity contribution in [1.82, 2.24) is 0 Å². The first kappa shape index (κ1) is 64.1. The van der Waals surface area contributed by atoms with E-state index in [0.717, 1.165) is 96.3 Å². The van der Waals surface area contributed by atoms with Gasteiger partial charge in [-0.1, -0.05) is 248 Å². The molecule has 0 bridgehead atoms. The molecule has 0 aliphatic rings. The van der Waals surface area contributed by atoms with Gasteiger partial charge in [-0.15, -0.1) is 0 Å². The van der Waals surface area contributed by atoms with Crippen LogP contribution in [0.3, 0.4) is 0 Å². The summed E-state index contributed by atoms with van der Waals surface area (Å²) < 4.78 is 16.9. The van der Waals surface area contributed by atoms with E-state index in [1.807, 2.05) is 0 Å². The molecule has 0 N–H and O–H groups in total. The SMILES string of the molecule is CC/C=C\C/C=C\C/C=C\C/C=C\CCCCCCCCC(=O)OCC(COC(=O)CCCCCCC/C=C\CCCCCC)OC(=O)CCCCCCCCCCCCCCCCCCC. The van der Waals surface area contributed by atoms with Crippen molar-refractivity contribution in [2.24, 2.45) is 0 Å². The van der Waals surface area contributed by atoms with Crippen LogP contribution in [0.2, 0.25) is 0 Å². The van der Waals surface area contributed by atoms with Crippen molar-refractivity contribution >= 4 is 17.9 Å². The molecule has 67 heavy (non-hydrogen) atoms. The number of carbonyl (C=O) groups is 3. The lowest BCUT2D eigenvalue weighted by Gasteiger charge is -2.18. The van der Waals surface area contributed by atoms with E-state index >= 15 is 0 Å². The monoisotopic (exact) mass is 937 g/mol. The molecule has 0 aromatic carbocycles. The summed E-state index contributed by atoms with van der Waals surface area (Å²) >= 11 is 0. The molecule has 6 heteroatoms. The summed E-state index contributed by atoms with van der Waals surface area (Å²) in [6, 6.07) is 0. The number of hydrogen-bond donors (Lipinski definition) is 0. The van der Waals surface area contributed by atoms with Crippen molar-refractivity contribution in [2.45, 2.75) is 297 Å². The minimum Gasteiger partial charge on any atom is -0.462 e. The zero-order valence-electron chi connectivity index (χ0n) is 44.4. The standard InChI is InChI=1S/C61H108O6/c1-4-7-10-13-16-19-22-25-27-29-30-32-33-36-39-42-45-48-51-54-60(63)66-57-58(56-65-59(62)53-50-47-44-41-38-35-24-21-18-15-12-9-6-3)67-61(64)55-52-49-46-43-40-37-34-31-28-26-23-20-17-14-11-8-5-2/h7,10,16,19,21,24-25,27,30,32,58H,4-6,8-9,11-15,17-18,20,22-23,26,28-29,31,33-57H2,1-3H3/b10-7-,19-16-,24-21-,27-25-,32-30-. The van der Waals surface area contributed by atoms with Crippen molar-refractivity contribution < 1.29 is 28.6 Å². The first-order valence-corrected chi connectivity index (χ1v) is 28.8. The highest BCUT2D eigenvalue weighted by Crippen LogP contribution is 2.16. The molecule has 0 spiro atoms. The van der Waals surface area contributed by atoms with Gasteiger partial charge < -0.3 is 14.2 Å². The Morgan fingerprint density at radius 2 is 0.582 bits per heavy atom. The van der Waals surface area contributed by atoms with E-state index in [2.05, 4.69) is 81.5 Å². The fourth-order valence-electron chi connectivity index (χ4n) is 8.19. The lowest BCUT2D eigenvalue weighted by Crippen LogP contribution is -2.30. The van der Waals surface area contributed by atoms with Crippen LogP contribution in [0, 0.1) is 0 Å². The third-order valence-corrected chi connectivity index (χ3v) is 12.5. The van der Waals surface area contributed by atoms with Gasteiger partial charge in [0.25, 0.3) is 0 Å². The quantitative estimate of drug-likeness (QED) is 0.0262. The number of allylic oxidation sites excluding steroid dienone is 10. The van der Waals surface area contributed by atoms with Gasteiger partial charge in [0.2, 0.25) is 0 Å². The van der Waals surface area contributed by atoms with Gasteiger partial charge in [-0.25, -0.2) is 0 Å². The van der Waals surface area contributed by atoms with Crippen LogP contribution in [0.1, 0.15) is 290 Å². The summed E-state index contributed by atoms with van der Waals surface area (Å²) in [7, 11) is 0. The molecule has 0 aliphatic carbocycles. The lowest BCUT2D eigenvalue weighted by molar-refractivity contribution is -0.167. The first-order valence-electron chi connectivity index (χ1n) is 28.8. The van der Waals surface area contributed by atoms with Gasteiger partial charge in [-0.3, -0.25) is 14.4 Å². The Balaban J connectivity index is 4.37. The molecule has 0 fully saturated rings. The zero-order valence-corrected chi connectivity index (χ0v) is 44.4. The Labute approximate surface area is 415 Å². The minimum atomic E-state index is -0.781. The van der Waals surface area contributed by atoms with Gasteiger partial charge in [0, 0.05) is 19.3 Å². The topological polar surface area (TPSA) is 78.9 Å². The summed E-state index contributed by atoms with van der Waals surface area (Å²) in [5.41, 5.74) is 0. The van der Waals surface area contributed by atoms with E-state index in [1.165, 1.54) is 154 Å². The van der Waals surface area contributed by atoms with Crippen molar-refractivity contribution in [3.63, 3.8) is 0 Å². The van der Waals surface area contributed by atoms with Crippen molar-refractivity contribution in [2.75, 3.05) is 13.2 Å². The number of unbranched alkanes of at least 4 members (excludes halogenated alkanes) is 31. The molecule has 1 unspecified atom stereocenters. The third kappa shape index (κ3) is 53.9. The summed E-state index contributed by atoms with van der Waals surface area (Å²) in [5.74, 6) is -0.890. The van der Waals surface area contributed by atoms with Crippen LogP contribution in [0.4, 0.5) is 0 Å². The normalized spacial score (nSPS) is 12.5. The predicted octanol–water partition coefficient (Wildman–Crippen LogP) is 19.2. The highest BCUT2D eigenvalue weighted by molar-refractivity contribution is 5.71. The number of hydrogen-bond acceptors (Lipinski definition) is 6. The fourth-order valence-corrected chi connectivity index (χ4v) is 8.19. The Morgan fingerprint density at radius 3 is 0.940 bits per heavy atom. The van der Waals surface area contributed by atoms with Crippen molar-refractivity contribution in [3.05, 3.63) is 60.8 Å². The first-order chi connectivity index (χ1) is 33.0. The van der Waals surface area contributed by atoms with Crippen LogP contribution in [0.25, 0.3) is 0 Å². The maximum absolute atomic E-state index is 12.9. The molecule has 0 amide bonds. The highest BCUT2D eigenvalue weighted by Gasteiger charge is 2.19. The molecule has 6 nitrogen and oxygen atoms in total. The molecule has 0 saturated carbocycles. The summed E-state index contributed by atoms with van der Waals surface area (Å²) in [6.45, 7) is 6.52. The minimum absolute atomic E-state index is 0.0808. The molecular weight excluding hydrogens is 829 g/mol. The summed E-state index contributed by atoms with van der Waals surface area (Å²) in [4.78, 5) is 38.1. The van der Waals surface area contributed by atoms with Crippen LogP contribution in [0.5, 0.6) is 0 Å². The van der Waals surface area contributed by atoms with Gasteiger partial charge >= 0.3 is 17.9 Å². The van der Waals surface area contributed by atoms with Crippen LogP contribution >= 0.6 is 0 Å². The van der Waals surface area contributed by atoms with E-state index in [4.69, 9.17) is 14.2 Å². The van der Waals surface area contributed by atoms with E-state index in [-0.39, 0.29) is 31.1 Å². The lowest BCUT2D eigenvalue weighted by atomic mass is 10.0. The second-order valence-electron chi connectivity index (χ2n) is 19.2. The Morgan fingerprint density at radius 1 is 0.313 bits per heavy atom. The number of esters is 3. The van der Waals surface area contributed by atoms with Crippen LogP contribution in [-0.4, -0.2) is 37.2 Å². The Hall–Kier alpha value is -2.89. The number of carbonyl (C=O) groups excluding carboxylic acids is 3. The molecular formula is C61H108O6. The molecule has 0 rings (SSSR count). The summed E-state index contributed by atoms with van der Waals surface area (Å²) in [5, 5.41) is 0. The number of ether oxygens (including phenoxy) is 3. The third-order valence-electron chi connectivity index (χ3n) is 12.5. The smallest absolute Gasteiger partial charge is 0.306 e. The van der Waals surface area contributed by atoms with Crippen molar-refractivity contribution in [3.8, 4) is 0 Å². The largest absolute Gasteiger partial charge is 0.462 e. The second-order valence-corrected chi connectivity index (χ2v) is 19.2. The van der Waals surface area contributed by atoms with Crippen LogP contribution < -0.4 is 0 Å². The van der Waals surface area contributed by atoms with Crippen LogP contribution in [0.15, 0.2) is 60.8 Å². The van der Waals surface area contributed by atoms with Gasteiger partial charge in [-0.05, 0) is 83.5 Å². The molecule has 0 saturated heterocycles. The molecule has 0 aromatic heterocycles. The highest BCUT2D eigenvalue weighted by atomic mass is 16.6. The Bertz CT molecular complexity index is 1210. The number of rotatable bonds is 52. The van der Waals surface area contributed by atoms with Gasteiger partial charge in [0.05, 0.1) is 0 Å². The van der Waals surface area contributed by atoms with Crippen LogP contribution in [-0.2, 0) is 28.6 Å². The maximum Gasteiger partial charge on any atom is 0.306 e. The average molecular weight is 938 g/mol. The second kappa shape index (κ2) is 55.7. The molecule has 0 aromatic rings. The summed E-state index contributed by atoms with van der Waals surface area (Å²) in [6.07, 6.45) is 69.2.